The van der Waals surface area contributed by atoms with Crippen LogP contribution in [-0.4, -0.2) is 51.7 Å². The van der Waals surface area contributed by atoms with Crippen molar-refractivity contribution in [3.05, 3.63) is 56.7 Å². The van der Waals surface area contributed by atoms with Crippen LogP contribution in [-0.2, 0) is 11.3 Å². The molecule has 1 aromatic carbocycles. The molecule has 11 heteroatoms. The molecule has 1 aliphatic heterocycles. The zero-order chi connectivity index (χ0) is 25.1. The van der Waals surface area contributed by atoms with Crippen LogP contribution in [0.5, 0.6) is 0 Å². The number of nitrogens with two attached hydrogens (primary N) is 1. The number of hydrogen-bond acceptors (Lipinski definition) is 8. The summed E-state index contributed by atoms with van der Waals surface area (Å²) in [4.78, 5) is 44.7. The van der Waals surface area contributed by atoms with E-state index >= 15 is 0 Å². The number of anilines is 1. The molecule has 0 saturated carbocycles. The van der Waals surface area contributed by atoms with Crippen molar-refractivity contribution in [1.82, 2.24) is 14.9 Å². The molecule has 182 valence electrons. The van der Waals surface area contributed by atoms with Gasteiger partial charge in [-0.25, -0.2) is 9.78 Å². The molecule has 2 atom stereocenters. The molecule has 1 amide bonds. The Kier molecular flexibility index (Phi) is 7.14. The van der Waals surface area contributed by atoms with E-state index in [-0.39, 0.29) is 40.3 Å². The van der Waals surface area contributed by atoms with Gasteiger partial charge in [0.2, 0.25) is 5.95 Å². The first-order valence-corrected chi connectivity index (χ1v) is 12.3. The Bertz CT molecular complexity index is 1370. The van der Waals surface area contributed by atoms with Crippen LogP contribution in [0.15, 0.2) is 34.4 Å². The van der Waals surface area contributed by atoms with Crippen LogP contribution >= 0.6 is 11.3 Å². The number of amides is 1. The summed E-state index contributed by atoms with van der Waals surface area (Å²) < 4.78 is 1.82. The van der Waals surface area contributed by atoms with E-state index in [1.807, 2.05) is 11.0 Å². The molecule has 0 spiro atoms. The monoisotopic (exact) mass is 494 g/mol. The van der Waals surface area contributed by atoms with Gasteiger partial charge in [-0.3, -0.25) is 14.2 Å². The summed E-state index contributed by atoms with van der Waals surface area (Å²) in [6.45, 7) is 2.95. The lowest BCUT2D eigenvalue weighted by molar-refractivity contribution is -0.139. The average molecular weight is 495 g/mol. The zero-order valence-corrected chi connectivity index (χ0v) is 20.0. The molecule has 0 bridgehead atoms. The number of aliphatic carboxylic acids is 1. The van der Waals surface area contributed by atoms with Gasteiger partial charge in [0, 0.05) is 24.5 Å². The molecule has 1 unspecified atom stereocenters. The molecule has 0 radical (unpaired) electrons. The highest BCUT2D eigenvalue weighted by atomic mass is 32.1. The SMILES string of the molecule is CC[C@@H](NC(=O)c1csc2c(=O)n(Cc3ccccc3C#N)c(N3CCCC(N)C3)nc12)C(=O)O. The normalized spacial score (nSPS) is 16.6. The van der Waals surface area contributed by atoms with Crippen molar-refractivity contribution in [3.63, 3.8) is 0 Å². The number of carbonyl (C=O) groups excluding carboxylic acids is 1. The lowest BCUT2D eigenvalue weighted by Crippen LogP contribution is -2.45. The average Bonchev–Trinajstić information content (AvgIpc) is 3.28. The summed E-state index contributed by atoms with van der Waals surface area (Å²) in [6.07, 6.45) is 1.91. The van der Waals surface area contributed by atoms with Crippen molar-refractivity contribution in [1.29, 1.82) is 5.26 Å². The Balaban J connectivity index is 1.84. The van der Waals surface area contributed by atoms with Crippen LogP contribution in [0.4, 0.5) is 5.95 Å². The molecule has 10 nitrogen and oxygen atoms in total. The second kappa shape index (κ2) is 10.2. The quantitative estimate of drug-likeness (QED) is 0.450. The maximum absolute atomic E-state index is 13.7. The van der Waals surface area contributed by atoms with Crippen LogP contribution in [0, 0.1) is 11.3 Å². The van der Waals surface area contributed by atoms with Gasteiger partial charge in [0.25, 0.3) is 11.5 Å². The van der Waals surface area contributed by atoms with E-state index in [4.69, 9.17) is 10.7 Å². The largest absolute Gasteiger partial charge is 0.480 e. The molecular weight excluding hydrogens is 468 g/mol. The minimum atomic E-state index is -1.13. The number of nitrogens with zero attached hydrogens (tertiary/aromatic N) is 4. The number of rotatable bonds is 7. The Morgan fingerprint density at radius 2 is 2.17 bits per heavy atom. The van der Waals surface area contributed by atoms with E-state index in [1.165, 1.54) is 9.95 Å². The van der Waals surface area contributed by atoms with Crippen LogP contribution in [0.2, 0.25) is 0 Å². The highest BCUT2D eigenvalue weighted by Crippen LogP contribution is 2.26. The van der Waals surface area contributed by atoms with Gasteiger partial charge in [-0.05, 0) is 30.9 Å². The first kappa shape index (κ1) is 24.4. The number of carboxylic acids is 1. The summed E-state index contributed by atoms with van der Waals surface area (Å²) in [5.74, 6) is -1.34. The summed E-state index contributed by atoms with van der Waals surface area (Å²) in [5, 5.41) is 22.9. The van der Waals surface area contributed by atoms with Crippen LogP contribution in [0.25, 0.3) is 10.2 Å². The molecular formula is C24H26N6O4S. The number of benzene rings is 1. The highest BCUT2D eigenvalue weighted by molar-refractivity contribution is 7.17. The fraction of sp³-hybridized carbons (Fsp3) is 0.375. The Hall–Kier alpha value is -3.75. The lowest BCUT2D eigenvalue weighted by Gasteiger charge is -2.33. The first-order valence-electron chi connectivity index (χ1n) is 11.4. The fourth-order valence-corrected chi connectivity index (χ4v) is 5.17. The molecule has 4 N–H and O–H groups in total. The van der Waals surface area contributed by atoms with Crippen molar-refractivity contribution in [2.75, 3.05) is 18.0 Å². The van der Waals surface area contributed by atoms with E-state index in [1.54, 1.807) is 25.1 Å². The first-order chi connectivity index (χ1) is 16.8. The van der Waals surface area contributed by atoms with E-state index < -0.39 is 17.9 Å². The van der Waals surface area contributed by atoms with Crippen molar-refractivity contribution in [2.24, 2.45) is 5.73 Å². The molecule has 3 heterocycles. The molecule has 1 saturated heterocycles. The summed E-state index contributed by atoms with van der Waals surface area (Å²) in [5.41, 5.74) is 7.41. The van der Waals surface area contributed by atoms with Crippen molar-refractivity contribution in [2.45, 2.75) is 44.8 Å². The third kappa shape index (κ3) is 4.89. The van der Waals surface area contributed by atoms with Crippen LogP contribution in [0.1, 0.15) is 47.7 Å². The number of aromatic nitrogens is 2. The van der Waals surface area contributed by atoms with Gasteiger partial charge in [-0.15, -0.1) is 11.3 Å². The van der Waals surface area contributed by atoms with E-state index in [9.17, 15) is 24.8 Å². The van der Waals surface area contributed by atoms with Crippen molar-refractivity contribution >= 4 is 39.4 Å². The number of piperidine rings is 1. The van der Waals surface area contributed by atoms with Crippen LogP contribution in [0.3, 0.4) is 0 Å². The van der Waals surface area contributed by atoms with Gasteiger partial charge in [0.1, 0.15) is 16.3 Å². The number of carbonyl (C=O) groups is 2. The standard InChI is InChI=1S/C24H26N6O4S/c1-2-18(23(33)34)27-21(31)17-13-35-20-19(17)28-24(29-9-5-8-16(26)12-29)30(22(20)32)11-15-7-4-3-6-14(15)10-25/h3-4,6-7,13,16,18H,2,5,8-9,11-12,26H2,1H3,(H,27,31)(H,33,34)/t16?,18-/m1/s1. The van der Waals surface area contributed by atoms with E-state index in [0.29, 0.717) is 30.2 Å². The third-order valence-corrected chi connectivity index (χ3v) is 7.08. The molecule has 1 aliphatic rings. The zero-order valence-electron chi connectivity index (χ0n) is 19.2. The Morgan fingerprint density at radius 3 is 2.86 bits per heavy atom. The molecule has 3 aromatic rings. The predicted octanol–water partition coefficient (Wildman–Crippen LogP) is 1.90. The number of carboxylic acid groups (broad SMARTS) is 1. The highest BCUT2D eigenvalue weighted by Gasteiger charge is 2.27. The fourth-order valence-electron chi connectivity index (χ4n) is 4.24. The molecule has 0 aliphatic carbocycles. The van der Waals surface area contributed by atoms with Gasteiger partial charge in [0.05, 0.1) is 23.7 Å². The van der Waals surface area contributed by atoms with Crippen molar-refractivity contribution < 1.29 is 14.7 Å². The minimum absolute atomic E-state index is 0.0812. The van der Waals surface area contributed by atoms with Gasteiger partial charge in [-0.2, -0.15) is 5.26 Å². The van der Waals surface area contributed by atoms with Gasteiger partial charge < -0.3 is 21.1 Å². The van der Waals surface area contributed by atoms with Gasteiger partial charge in [-0.1, -0.05) is 25.1 Å². The molecule has 1 fully saturated rings. The van der Waals surface area contributed by atoms with Gasteiger partial charge >= 0.3 is 5.97 Å². The smallest absolute Gasteiger partial charge is 0.326 e. The number of hydrogen-bond donors (Lipinski definition) is 3. The second-order valence-electron chi connectivity index (χ2n) is 8.52. The van der Waals surface area contributed by atoms with Crippen molar-refractivity contribution in [3.8, 4) is 6.07 Å². The number of nitrogens with one attached hydrogen (secondary N) is 1. The third-order valence-electron chi connectivity index (χ3n) is 6.12. The molecule has 4 rings (SSSR count). The van der Waals surface area contributed by atoms with Crippen LogP contribution < -0.4 is 21.5 Å². The van der Waals surface area contributed by atoms with Gasteiger partial charge in [0.15, 0.2) is 0 Å². The summed E-state index contributed by atoms with van der Waals surface area (Å²) >= 11 is 1.09. The maximum atomic E-state index is 13.7. The second-order valence-corrected chi connectivity index (χ2v) is 9.40. The summed E-state index contributed by atoms with van der Waals surface area (Å²) in [7, 11) is 0. The predicted molar refractivity (Wildman–Crippen MR) is 133 cm³/mol. The number of nitriles is 1. The van der Waals surface area contributed by atoms with E-state index in [0.717, 1.165) is 24.2 Å². The lowest BCUT2D eigenvalue weighted by atomic mass is 10.1. The molecule has 35 heavy (non-hydrogen) atoms. The Morgan fingerprint density at radius 1 is 1.40 bits per heavy atom. The van der Waals surface area contributed by atoms with E-state index in [2.05, 4.69) is 11.4 Å². The summed E-state index contributed by atoms with van der Waals surface area (Å²) in [6, 6.07) is 8.11. The topological polar surface area (TPSA) is 154 Å². The maximum Gasteiger partial charge on any atom is 0.326 e. The number of thiophene rings is 1. The molecule has 2 aromatic heterocycles. The number of fused-ring (bicyclic) bond motifs is 1. The Labute approximate surface area is 205 Å². The minimum Gasteiger partial charge on any atom is -0.480 e.